The van der Waals surface area contributed by atoms with Crippen molar-refractivity contribution in [1.29, 1.82) is 0 Å². The minimum Gasteiger partial charge on any atom is -0.381 e. The molecule has 0 aromatic heterocycles. The van der Waals surface area contributed by atoms with Crippen LogP contribution in [0.4, 0.5) is 18.9 Å². The SMILES string of the molecule is COC1CCN(Nc2cccc(C(F)(F)F)c2)CC1. The lowest BCUT2D eigenvalue weighted by atomic mass is 10.1. The highest BCUT2D eigenvalue weighted by molar-refractivity contribution is 5.45. The van der Waals surface area contributed by atoms with Crippen molar-refractivity contribution in [3.63, 3.8) is 0 Å². The monoisotopic (exact) mass is 274 g/mol. The lowest BCUT2D eigenvalue weighted by Gasteiger charge is -2.32. The van der Waals surface area contributed by atoms with Crippen LogP contribution in [-0.2, 0) is 10.9 Å². The zero-order valence-electron chi connectivity index (χ0n) is 10.7. The van der Waals surface area contributed by atoms with Gasteiger partial charge in [0, 0.05) is 25.9 Å². The van der Waals surface area contributed by atoms with E-state index in [0.717, 1.165) is 38.1 Å². The minimum absolute atomic E-state index is 0.250. The molecule has 1 aromatic rings. The standard InChI is InChI=1S/C13H17F3N2O/c1-19-12-5-7-18(8-6-12)17-11-4-2-3-10(9-11)13(14,15)16/h2-4,9,12,17H,5-8H2,1H3. The maximum absolute atomic E-state index is 12.6. The number of nitrogens with zero attached hydrogens (tertiary/aromatic N) is 1. The van der Waals surface area contributed by atoms with Gasteiger partial charge in [0.05, 0.1) is 11.7 Å². The van der Waals surface area contributed by atoms with Gasteiger partial charge in [-0.25, -0.2) is 5.01 Å². The Balaban J connectivity index is 1.97. The van der Waals surface area contributed by atoms with Crippen molar-refractivity contribution < 1.29 is 17.9 Å². The van der Waals surface area contributed by atoms with Crippen LogP contribution < -0.4 is 5.43 Å². The quantitative estimate of drug-likeness (QED) is 0.916. The molecule has 3 nitrogen and oxygen atoms in total. The number of ether oxygens (including phenoxy) is 1. The Morgan fingerprint density at radius 2 is 1.95 bits per heavy atom. The van der Waals surface area contributed by atoms with Gasteiger partial charge in [0.1, 0.15) is 0 Å². The van der Waals surface area contributed by atoms with Crippen LogP contribution in [0.15, 0.2) is 24.3 Å². The van der Waals surface area contributed by atoms with Gasteiger partial charge in [-0.2, -0.15) is 13.2 Å². The summed E-state index contributed by atoms with van der Waals surface area (Å²) in [4.78, 5) is 0. The molecule has 1 fully saturated rings. The second-order valence-electron chi connectivity index (χ2n) is 4.61. The number of rotatable bonds is 3. The first-order valence-corrected chi connectivity index (χ1v) is 6.20. The van der Waals surface area contributed by atoms with E-state index in [2.05, 4.69) is 5.43 Å². The molecule has 0 spiro atoms. The molecule has 1 aliphatic heterocycles. The molecule has 1 aliphatic rings. The van der Waals surface area contributed by atoms with Crippen LogP contribution >= 0.6 is 0 Å². The summed E-state index contributed by atoms with van der Waals surface area (Å²) < 4.78 is 43.0. The van der Waals surface area contributed by atoms with E-state index in [1.54, 1.807) is 13.2 Å². The van der Waals surface area contributed by atoms with Gasteiger partial charge in [-0.3, -0.25) is 0 Å². The van der Waals surface area contributed by atoms with Crippen molar-refractivity contribution in [2.45, 2.75) is 25.1 Å². The number of benzene rings is 1. The Hall–Kier alpha value is -1.27. The lowest BCUT2D eigenvalue weighted by molar-refractivity contribution is -0.137. The van der Waals surface area contributed by atoms with Gasteiger partial charge in [-0.05, 0) is 31.0 Å². The van der Waals surface area contributed by atoms with E-state index >= 15 is 0 Å². The highest BCUT2D eigenvalue weighted by Crippen LogP contribution is 2.30. The van der Waals surface area contributed by atoms with E-state index in [1.807, 2.05) is 5.01 Å². The number of alkyl halides is 3. The number of halogens is 3. The third-order valence-electron chi connectivity index (χ3n) is 3.25. The van der Waals surface area contributed by atoms with E-state index in [0.29, 0.717) is 5.69 Å². The van der Waals surface area contributed by atoms with E-state index in [-0.39, 0.29) is 6.10 Å². The predicted octanol–water partition coefficient (Wildman–Crippen LogP) is 3.14. The Morgan fingerprint density at radius 3 is 2.53 bits per heavy atom. The van der Waals surface area contributed by atoms with Crippen molar-refractivity contribution in [1.82, 2.24) is 5.01 Å². The molecule has 1 saturated heterocycles. The fourth-order valence-electron chi connectivity index (χ4n) is 2.15. The second kappa shape index (κ2) is 5.79. The fourth-order valence-corrected chi connectivity index (χ4v) is 2.15. The lowest BCUT2D eigenvalue weighted by Crippen LogP contribution is -2.40. The number of methoxy groups -OCH3 is 1. The minimum atomic E-state index is -4.30. The van der Waals surface area contributed by atoms with Crippen LogP contribution in [0, 0.1) is 0 Å². The molecule has 0 bridgehead atoms. The van der Waals surface area contributed by atoms with Crippen LogP contribution in [0.2, 0.25) is 0 Å². The van der Waals surface area contributed by atoms with Gasteiger partial charge < -0.3 is 10.2 Å². The summed E-state index contributed by atoms with van der Waals surface area (Å²) in [5.41, 5.74) is 2.84. The van der Waals surface area contributed by atoms with Crippen molar-refractivity contribution in [2.75, 3.05) is 25.6 Å². The van der Waals surface area contributed by atoms with Crippen LogP contribution in [0.25, 0.3) is 0 Å². The second-order valence-corrected chi connectivity index (χ2v) is 4.61. The molecule has 0 aliphatic carbocycles. The molecule has 106 valence electrons. The van der Waals surface area contributed by atoms with Crippen molar-refractivity contribution in [3.8, 4) is 0 Å². The number of nitrogens with one attached hydrogen (secondary N) is 1. The highest BCUT2D eigenvalue weighted by atomic mass is 19.4. The number of piperidine rings is 1. The molecule has 1 N–H and O–H groups in total. The molecule has 0 atom stereocenters. The molecule has 0 radical (unpaired) electrons. The van der Waals surface area contributed by atoms with E-state index in [1.165, 1.54) is 6.07 Å². The highest BCUT2D eigenvalue weighted by Gasteiger charge is 2.30. The zero-order valence-corrected chi connectivity index (χ0v) is 10.7. The molecule has 6 heteroatoms. The molecule has 1 heterocycles. The molecule has 0 saturated carbocycles. The summed E-state index contributed by atoms with van der Waals surface area (Å²) >= 11 is 0. The Bertz CT molecular complexity index is 415. The van der Waals surface area contributed by atoms with E-state index < -0.39 is 11.7 Å². The molecule has 2 rings (SSSR count). The van der Waals surface area contributed by atoms with Crippen LogP contribution in [0.1, 0.15) is 18.4 Å². The van der Waals surface area contributed by atoms with E-state index in [4.69, 9.17) is 4.74 Å². The van der Waals surface area contributed by atoms with Gasteiger partial charge in [-0.1, -0.05) is 6.07 Å². The number of anilines is 1. The average Bonchev–Trinajstić information content (AvgIpc) is 2.39. The van der Waals surface area contributed by atoms with Crippen LogP contribution in [-0.4, -0.2) is 31.3 Å². The zero-order chi connectivity index (χ0) is 13.9. The number of hydrogen-bond donors (Lipinski definition) is 1. The summed E-state index contributed by atoms with van der Waals surface area (Å²) in [6.07, 6.45) is -2.30. The Kier molecular flexibility index (Phi) is 4.31. The summed E-state index contributed by atoms with van der Waals surface area (Å²) in [7, 11) is 1.68. The Labute approximate surface area is 110 Å². The summed E-state index contributed by atoms with van der Waals surface area (Å²) in [6, 6.07) is 5.25. The normalized spacial score (nSPS) is 18.5. The van der Waals surface area contributed by atoms with Gasteiger partial charge in [0.2, 0.25) is 0 Å². The molecule has 1 aromatic carbocycles. The fraction of sp³-hybridized carbons (Fsp3) is 0.538. The molecule has 0 unspecified atom stereocenters. The molecular weight excluding hydrogens is 257 g/mol. The first-order valence-electron chi connectivity index (χ1n) is 6.20. The number of hydrogen-bond acceptors (Lipinski definition) is 3. The molecular formula is C13H17F3N2O. The average molecular weight is 274 g/mol. The van der Waals surface area contributed by atoms with Crippen LogP contribution in [0.3, 0.4) is 0 Å². The summed E-state index contributed by atoms with van der Waals surface area (Å²) in [5, 5.41) is 1.92. The predicted molar refractivity (Wildman–Crippen MR) is 66.7 cm³/mol. The first-order chi connectivity index (χ1) is 8.99. The molecule has 0 amide bonds. The maximum Gasteiger partial charge on any atom is 0.416 e. The smallest absolute Gasteiger partial charge is 0.381 e. The van der Waals surface area contributed by atoms with E-state index in [9.17, 15) is 13.2 Å². The van der Waals surface area contributed by atoms with Crippen LogP contribution in [0.5, 0.6) is 0 Å². The Morgan fingerprint density at radius 1 is 1.26 bits per heavy atom. The first kappa shape index (κ1) is 14.1. The largest absolute Gasteiger partial charge is 0.416 e. The van der Waals surface area contributed by atoms with Gasteiger partial charge in [0.25, 0.3) is 0 Å². The van der Waals surface area contributed by atoms with Gasteiger partial charge in [-0.15, -0.1) is 0 Å². The summed E-state index contributed by atoms with van der Waals surface area (Å²) in [5.74, 6) is 0. The van der Waals surface area contributed by atoms with Gasteiger partial charge in [0.15, 0.2) is 0 Å². The van der Waals surface area contributed by atoms with Crippen molar-refractivity contribution >= 4 is 5.69 Å². The maximum atomic E-state index is 12.6. The third-order valence-corrected chi connectivity index (χ3v) is 3.25. The third kappa shape index (κ3) is 3.84. The number of hydrazine groups is 1. The molecule has 19 heavy (non-hydrogen) atoms. The van der Waals surface area contributed by atoms with Gasteiger partial charge >= 0.3 is 6.18 Å². The summed E-state index contributed by atoms with van der Waals surface area (Å²) in [6.45, 7) is 1.52. The van der Waals surface area contributed by atoms with Crippen molar-refractivity contribution in [2.24, 2.45) is 0 Å². The van der Waals surface area contributed by atoms with Crippen molar-refractivity contribution in [3.05, 3.63) is 29.8 Å². The topological polar surface area (TPSA) is 24.5 Å².